The highest BCUT2D eigenvalue weighted by Crippen LogP contribution is 2.28. The number of anilines is 5. The Kier molecular flexibility index (Phi) is 3.65. The van der Waals surface area contributed by atoms with Gasteiger partial charge in [0, 0.05) is 17.3 Å². The van der Waals surface area contributed by atoms with Crippen molar-refractivity contribution in [3.8, 4) is 0 Å². The van der Waals surface area contributed by atoms with Crippen molar-refractivity contribution in [1.29, 1.82) is 0 Å². The Morgan fingerprint density at radius 1 is 1.00 bits per heavy atom. The fraction of sp³-hybridized carbons (Fsp3) is 0.0714. The predicted molar refractivity (Wildman–Crippen MR) is 86.3 cm³/mol. The van der Waals surface area contributed by atoms with Crippen molar-refractivity contribution in [2.24, 2.45) is 0 Å². The molecule has 106 valence electrons. The van der Waals surface area contributed by atoms with Crippen molar-refractivity contribution in [2.45, 2.75) is 6.92 Å². The third kappa shape index (κ3) is 3.09. The summed E-state index contributed by atoms with van der Waals surface area (Å²) in [6.45, 7) is 2.04. The molecule has 3 aromatic rings. The molecule has 0 saturated heterocycles. The minimum absolute atomic E-state index is 0.452. The molecule has 0 aliphatic heterocycles. The van der Waals surface area contributed by atoms with Gasteiger partial charge in [-0.15, -0.1) is 11.3 Å². The molecule has 6 nitrogen and oxygen atoms in total. The van der Waals surface area contributed by atoms with Crippen molar-refractivity contribution >= 4 is 39.5 Å². The second-order valence-corrected chi connectivity index (χ2v) is 5.33. The first-order valence-corrected chi connectivity index (χ1v) is 7.21. The number of aromatic nitrogens is 3. The fourth-order valence-corrected chi connectivity index (χ4v) is 2.28. The summed E-state index contributed by atoms with van der Waals surface area (Å²) >= 11 is 1.48. The summed E-state index contributed by atoms with van der Waals surface area (Å²) < 4.78 is 0. The summed E-state index contributed by atoms with van der Waals surface area (Å²) in [6.07, 6.45) is 3.18. The molecule has 0 aliphatic carbocycles. The molecule has 0 fully saturated rings. The van der Waals surface area contributed by atoms with Gasteiger partial charge in [-0.05, 0) is 19.1 Å². The highest BCUT2D eigenvalue weighted by Gasteiger charge is 2.09. The van der Waals surface area contributed by atoms with Gasteiger partial charge in [-0.2, -0.15) is 0 Å². The largest absolute Gasteiger partial charge is 0.393 e. The average molecular weight is 298 g/mol. The summed E-state index contributed by atoms with van der Waals surface area (Å²) in [4.78, 5) is 12.5. The van der Waals surface area contributed by atoms with Crippen LogP contribution >= 0.6 is 11.3 Å². The summed E-state index contributed by atoms with van der Waals surface area (Å²) in [5.41, 5.74) is 8.68. The molecule has 7 heteroatoms. The van der Waals surface area contributed by atoms with Gasteiger partial charge in [-0.3, -0.25) is 0 Å². The zero-order valence-corrected chi connectivity index (χ0v) is 12.2. The Morgan fingerprint density at radius 2 is 1.71 bits per heavy atom. The standard InChI is InChI=1S/C14H14N6S/c1-9-2-4-10(5-3-9)19-12-11(15)13(18-8-17-12)20-14-16-6-7-21-14/h2-8H,15H2,1H3,(H2,16,17,18,19,20). The van der Waals surface area contributed by atoms with Crippen LogP contribution < -0.4 is 16.4 Å². The van der Waals surface area contributed by atoms with E-state index in [9.17, 15) is 0 Å². The molecule has 0 spiro atoms. The molecular weight excluding hydrogens is 284 g/mol. The maximum atomic E-state index is 6.10. The van der Waals surface area contributed by atoms with Crippen molar-refractivity contribution in [1.82, 2.24) is 15.0 Å². The molecule has 2 aromatic heterocycles. The normalized spacial score (nSPS) is 10.3. The van der Waals surface area contributed by atoms with Crippen LogP contribution in [-0.2, 0) is 0 Å². The Bertz CT molecular complexity index is 724. The van der Waals surface area contributed by atoms with Crippen molar-refractivity contribution in [3.05, 3.63) is 47.7 Å². The molecule has 0 radical (unpaired) electrons. The van der Waals surface area contributed by atoms with Crippen LogP contribution in [0.2, 0.25) is 0 Å². The smallest absolute Gasteiger partial charge is 0.188 e. The Balaban J connectivity index is 1.84. The van der Waals surface area contributed by atoms with E-state index in [0.717, 1.165) is 10.8 Å². The maximum absolute atomic E-state index is 6.10. The highest BCUT2D eigenvalue weighted by atomic mass is 32.1. The maximum Gasteiger partial charge on any atom is 0.188 e. The molecule has 0 atom stereocenters. The summed E-state index contributed by atoms with van der Waals surface area (Å²) in [5, 5.41) is 8.88. The Morgan fingerprint density at radius 3 is 2.38 bits per heavy atom. The van der Waals surface area contributed by atoms with Gasteiger partial charge in [0.2, 0.25) is 0 Å². The van der Waals surface area contributed by atoms with Crippen LogP contribution in [0.1, 0.15) is 5.56 Å². The number of nitrogens with zero attached hydrogens (tertiary/aromatic N) is 3. The van der Waals surface area contributed by atoms with Gasteiger partial charge in [-0.25, -0.2) is 15.0 Å². The molecule has 21 heavy (non-hydrogen) atoms. The summed E-state index contributed by atoms with van der Waals surface area (Å²) in [6, 6.07) is 8.00. The van der Waals surface area contributed by atoms with Gasteiger partial charge in [0.05, 0.1) is 0 Å². The van der Waals surface area contributed by atoms with Gasteiger partial charge in [-0.1, -0.05) is 17.7 Å². The van der Waals surface area contributed by atoms with E-state index in [1.54, 1.807) is 6.20 Å². The predicted octanol–water partition coefficient (Wildman–Crippen LogP) is 3.31. The molecule has 2 heterocycles. The second kappa shape index (κ2) is 5.76. The Hall–Kier alpha value is -2.67. The van der Waals surface area contributed by atoms with Crippen LogP contribution in [0, 0.1) is 6.92 Å². The first-order chi connectivity index (χ1) is 10.2. The molecule has 0 amide bonds. The number of thiazole rings is 1. The van der Waals surface area contributed by atoms with Crippen molar-refractivity contribution in [2.75, 3.05) is 16.4 Å². The van der Waals surface area contributed by atoms with E-state index in [2.05, 4.69) is 25.6 Å². The fourth-order valence-electron chi connectivity index (χ4n) is 1.75. The first-order valence-electron chi connectivity index (χ1n) is 6.33. The van der Waals surface area contributed by atoms with Crippen molar-refractivity contribution < 1.29 is 0 Å². The van der Waals surface area contributed by atoms with Crippen LogP contribution in [0.15, 0.2) is 42.2 Å². The topological polar surface area (TPSA) is 88.8 Å². The van der Waals surface area contributed by atoms with Crippen LogP contribution in [0.4, 0.5) is 28.1 Å². The lowest BCUT2D eigenvalue weighted by Gasteiger charge is -2.11. The molecular formula is C14H14N6S. The van der Waals surface area contributed by atoms with E-state index >= 15 is 0 Å². The number of nitrogen functional groups attached to an aromatic ring is 1. The number of hydrogen-bond acceptors (Lipinski definition) is 7. The minimum Gasteiger partial charge on any atom is -0.393 e. The van der Waals surface area contributed by atoms with Gasteiger partial charge >= 0.3 is 0 Å². The molecule has 0 bridgehead atoms. The molecule has 0 aliphatic rings. The number of benzene rings is 1. The molecule has 0 unspecified atom stereocenters. The van der Waals surface area contributed by atoms with E-state index in [-0.39, 0.29) is 0 Å². The van der Waals surface area contributed by atoms with Crippen molar-refractivity contribution in [3.63, 3.8) is 0 Å². The molecule has 0 saturated carbocycles. The molecule has 1 aromatic carbocycles. The summed E-state index contributed by atoms with van der Waals surface area (Å²) in [5.74, 6) is 1.10. The second-order valence-electron chi connectivity index (χ2n) is 4.44. The Labute approximate surface area is 126 Å². The SMILES string of the molecule is Cc1ccc(Nc2ncnc(Nc3nccs3)c2N)cc1. The van der Waals surface area contributed by atoms with E-state index in [1.807, 2.05) is 36.6 Å². The van der Waals surface area contributed by atoms with E-state index in [4.69, 9.17) is 5.73 Å². The number of rotatable bonds is 4. The van der Waals surface area contributed by atoms with Crippen LogP contribution in [-0.4, -0.2) is 15.0 Å². The van der Waals surface area contributed by atoms with Gasteiger partial charge < -0.3 is 16.4 Å². The molecule has 3 rings (SSSR count). The quantitative estimate of drug-likeness (QED) is 0.685. The van der Waals surface area contributed by atoms with Crippen LogP contribution in [0.3, 0.4) is 0 Å². The zero-order chi connectivity index (χ0) is 14.7. The van der Waals surface area contributed by atoms with Crippen LogP contribution in [0.25, 0.3) is 0 Å². The number of aryl methyl sites for hydroxylation is 1. The van der Waals surface area contributed by atoms with E-state index in [1.165, 1.54) is 23.2 Å². The average Bonchev–Trinajstić information content (AvgIpc) is 2.99. The van der Waals surface area contributed by atoms with Crippen LogP contribution in [0.5, 0.6) is 0 Å². The minimum atomic E-state index is 0.452. The molecule has 4 N–H and O–H groups in total. The lowest BCUT2D eigenvalue weighted by Crippen LogP contribution is -2.05. The zero-order valence-electron chi connectivity index (χ0n) is 11.4. The highest BCUT2D eigenvalue weighted by molar-refractivity contribution is 7.13. The third-order valence-corrected chi connectivity index (χ3v) is 3.54. The number of nitrogens with two attached hydrogens (primary N) is 1. The lowest BCUT2D eigenvalue weighted by atomic mass is 10.2. The van der Waals surface area contributed by atoms with Gasteiger partial charge in [0.1, 0.15) is 12.0 Å². The van der Waals surface area contributed by atoms with Gasteiger partial charge in [0.25, 0.3) is 0 Å². The van der Waals surface area contributed by atoms with Gasteiger partial charge in [0.15, 0.2) is 16.8 Å². The number of nitrogens with one attached hydrogen (secondary N) is 2. The third-order valence-electron chi connectivity index (χ3n) is 2.86. The first kappa shape index (κ1) is 13.3. The van der Waals surface area contributed by atoms with E-state index in [0.29, 0.717) is 17.3 Å². The lowest BCUT2D eigenvalue weighted by molar-refractivity contribution is 1.17. The van der Waals surface area contributed by atoms with E-state index < -0.39 is 0 Å². The number of hydrogen-bond donors (Lipinski definition) is 3. The summed E-state index contributed by atoms with van der Waals surface area (Å²) in [7, 11) is 0. The monoisotopic (exact) mass is 298 g/mol.